The average Bonchev–Trinajstić information content (AvgIpc) is 2.51. The minimum Gasteiger partial charge on any atom is -0.382 e. The number of nitrogens with zero attached hydrogens (tertiary/aromatic N) is 3. The first-order chi connectivity index (χ1) is 10.9. The summed E-state index contributed by atoms with van der Waals surface area (Å²) in [5, 5.41) is 7.47. The summed E-state index contributed by atoms with van der Waals surface area (Å²) in [6, 6.07) is 9.50. The summed E-state index contributed by atoms with van der Waals surface area (Å²) in [5.74, 6) is -1.30. The average molecular weight is 334 g/mol. The van der Waals surface area contributed by atoms with E-state index in [-0.39, 0.29) is 29.0 Å². The van der Waals surface area contributed by atoms with Gasteiger partial charge in [-0.1, -0.05) is 41.9 Å². The van der Waals surface area contributed by atoms with Gasteiger partial charge in [0.1, 0.15) is 0 Å². The summed E-state index contributed by atoms with van der Waals surface area (Å²) >= 11 is 5.78. The number of halogens is 1. The molecule has 0 saturated heterocycles. The van der Waals surface area contributed by atoms with E-state index in [2.05, 4.69) is 9.97 Å². The van der Waals surface area contributed by atoms with E-state index in [4.69, 9.17) is 34.2 Å². The molecular weight excluding hydrogens is 318 g/mol. The van der Waals surface area contributed by atoms with Gasteiger partial charge in [0.05, 0.1) is 0 Å². The molecule has 0 bridgehead atoms. The van der Waals surface area contributed by atoms with E-state index in [0.717, 1.165) is 10.5 Å². The van der Waals surface area contributed by atoms with Crippen molar-refractivity contribution in [2.75, 3.05) is 18.0 Å². The van der Waals surface area contributed by atoms with Crippen molar-refractivity contribution >= 4 is 35.1 Å². The second kappa shape index (κ2) is 6.93. The first-order valence-electron chi connectivity index (χ1n) is 6.68. The van der Waals surface area contributed by atoms with Crippen LogP contribution in [0, 0.1) is 5.41 Å². The van der Waals surface area contributed by atoms with Crippen molar-refractivity contribution in [1.29, 1.82) is 5.41 Å². The predicted molar refractivity (Wildman–Crippen MR) is 89.0 cm³/mol. The predicted octanol–water partition coefficient (Wildman–Crippen LogP) is 0.873. The molecule has 9 heteroatoms. The molecule has 0 aliphatic rings. The van der Waals surface area contributed by atoms with Crippen molar-refractivity contribution in [3.05, 3.63) is 46.7 Å². The minimum absolute atomic E-state index is 0.0700. The van der Waals surface area contributed by atoms with E-state index in [1.807, 2.05) is 30.3 Å². The van der Waals surface area contributed by atoms with Gasteiger partial charge in [-0.25, -0.2) is 9.97 Å². The third-order valence-corrected chi connectivity index (χ3v) is 3.39. The monoisotopic (exact) mass is 333 g/mol. The van der Waals surface area contributed by atoms with E-state index in [1.54, 1.807) is 0 Å². The summed E-state index contributed by atoms with van der Waals surface area (Å²) in [5.41, 5.74) is 17.5. The van der Waals surface area contributed by atoms with E-state index < -0.39 is 11.9 Å². The Hall–Kier alpha value is -2.87. The Kier molecular flexibility index (Phi) is 4.97. The summed E-state index contributed by atoms with van der Waals surface area (Å²) in [7, 11) is 0. The SMILES string of the molecule is N=C(N)N(CCc1ccccc1)C(=O)c1nc(Cl)c(N)nc1N. The lowest BCUT2D eigenvalue weighted by Crippen LogP contribution is -2.43. The zero-order valence-electron chi connectivity index (χ0n) is 12.2. The van der Waals surface area contributed by atoms with Gasteiger partial charge in [0, 0.05) is 6.54 Å². The van der Waals surface area contributed by atoms with Crippen molar-refractivity contribution in [2.45, 2.75) is 6.42 Å². The molecule has 120 valence electrons. The summed E-state index contributed by atoms with van der Waals surface area (Å²) in [6.45, 7) is 0.196. The smallest absolute Gasteiger partial charge is 0.283 e. The molecule has 0 spiro atoms. The van der Waals surface area contributed by atoms with Crippen LogP contribution in [-0.4, -0.2) is 33.3 Å². The quantitative estimate of drug-likeness (QED) is 0.482. The number of carbonyl (C=O) groups is 1. The number of benzene rings is 1. The zero-order chi connectivity index (χ0) is 17.0. The Labute approximate surface area is 137 Å². The number of nitrogens with two attached hydrogens (primary N) is 3. The Morgan fingerprint density at radius 3 is 2.43 bits per heavy atom. The van der Waals surface area contributed by atoms with Crippen molar-refractivity contribution < 1.29 is 4.79 Å². The van der Waals surface area contributed by atoms with Gasteiger partial charge in [0.25, 0.3) is 5.91 Å². The number of anilines is 2. The van der Waals surface area contributed by atoms with Crippen LogP contribution in [0.3, 0.4) is 0 Å². The molecule has 2 aromatic rings. The Morgan fingerprint density at radius 2 is 1.83 bits per heavy atom. The molecule has 1 aromatic carbocycles. The van der Waals surface area contributed by atoms with Gasteiger partial charge in [-0.15, -0.1) is 0 Å². The second-order valence-corrected chi connectivity index (χ2v) is 5.07. The van der Waals surface area contributed by atoms with Crippen LogP contribution in [0.2, 0.25) is 5.15 Å². The molecule has 0 fully saturated rings. The fourth-order valence-corrected chi connectivity index (χ4v) is 2.07. The number of hydrogen-bond donors (Lipinski definition) is 4. The highest BCUT2D eigenvalue weighted by molar-refractivity contribution is 6.31. The molecule has 1 aromatic heterocycles. The zero-order valence-corrected chi connectivity index (χ0v) is 12.9. The number of amides is 1. The van der Waals surface area contributed by atoms with Crippen LogP contribution in [0.5, 0.6) is 0 Å². The number of nitrogens with one attached hydrogen (secondary N) is 1. The highest BCUT2D eigenvalue weighted by Gasteiger charge is 2.24. The third kappa shape index (κ3) is 3.86. The number of carbonyl (C=O) groups excluding carboxylic acids is 1. The van der Waals surface area contributed by atoms with Crippen LogP contribution >= 0.6 is 11.6 Å². The van der Waals surface area contributed by atoms with Crippen molar-refractivity contribution in [3.63, 3.8) is 0 Å². The van der Waals surface area contributed by atoms with Gasteiger partial charge in [0.2, 0.25) is 0 Å². The van der Waals surface area contributed by atoms with Crippen LogP contribution in [0.15, 0.2) is 30.3 Å². The maximum absolute atomic E-state index is 12.5. The maximum Gasteiger partial charge on any atom is 0.283 e. The summed E-state index contributed by atoms with van der Waals surface area (Å²) < 4.78 is 0. The van der Waals surface area contributed by atoms with Crippen LogP contribution < -0.4 is 17.2 Å². The van der Waals surface area contributed by atoms with E-state index >= 15 is 0 Å². The van der Waals surface area contributed by atoms with Gasteiger partial charge in [-0.3, -0.25) is 15.1 Å². The Bertz CT molecular complexity index is 735. The number of nitrogen functional groups attached to an aromatic ring is 2. The number of aromatic nitrogens is 2. The van der Waals surface area contributed by atoms with Crippen molar-refractivity contribution in [1.82, 2.24) is 14.9 Å². The van der Waals surface area contributed by atoms with Gasteiger partial charge in [0.15, 0.2) is 28.4 Å². The van der Waals surface area contributed by atoms with E-state index in [1.165, 1.54) is 0 Å². The van der Waals surface area contributed by atoms with Crippen LogP contribution in [0.25, 0.3) is 0 Å². The van der Waals surface area contributed by atoms with Gasteiger partial charge in [-0.2, -0.15) is 0 Å². The van der Waals surface area contributed by atoms with Gasteiger partial charge < -0.3 is 17.2 Å². The van der Waals surface area contributed by atoms with Crippen LogP contribution in [0.4, 0.5) is 11.6 Å². The molecule has 0 saturated carbocycles. The molecular formula is C14H16ClN7O. The second-order valence-electron chi connectivity index (χ2n) is 4.71. The van der Waals surface area contributed by atoms with Crippen molar-refractivity contribution in [3.8, 4) is 0 Å². The maximum atomic E-state index is 12.5. The molecule has 0 unspecified atom stereocenters. The van der Waals surface area contributed by atoms with Gasteiger partial charge in [-0.05, 0) is 12.0 Å². The highest BCUT2D eigenvalue weighted by Crippen LogP contribution is 2.18. The number of rotatable bonds is 4. The summed E-state index contributed by atoms with van der Waals surface area (Å²) in [6.07, 6.45) is 0.516. The van der Waals surface area contributed by atoms with Crippen molar-refractivity contribution in [2.24, 2.45) is 5.73 Å². The molecule has 1 heterocycles. The molecule has 0 radical (unpaired) electrons. The first-order valence-corrected chi connectivity index (χ1v) is 7.06. The molecule has 0 aliphatic heterocycles. The standard InChI is InChI=1S/C14H16ClN7O/c15-10-12(17)21-11(16)9(20-10)13(23)22(14(18)19)7-6-8-4-2-1-3-5-8/h1-5H,6-7H2,(H3,18,19)(H4,16,17,21). The lowest BCUT2D eigenvalue weighted by molar-refractivity contribution is 0.0841. The van der Waals surface area contributed by atoms with Crippen LogP contribution in [-0.2, 0) is 6.42 Å². The molecule has 23 heavy (non-hydrogen) atoms. The topological polar surface area (TPSA) is 148 Å². The number of hydrogen-bond acceptors (Lipinski definition) is 6. The van der Waals surface area contributed by atoms with Crippen LogP contribution in [0.1, 0.15) is 16.1 Å². The lowest BCUT2D eigenvalue weighted by atomic mass is 10.1. The minimum atomic E-state index is -0.652. The Balaban J connectivity index is 2.22. The number of guanidine groups is 1. The molecule has 0 atom stereocenters. The van der Waals surface area contributed by atoms with E-state index in [0.29, 0.717) is 6.42 Å². The largest absolute Gasteiger partial charge is 0.382 e. The van der Waals surface area contributed by atoms with Gasteiger partial charge >= 0.3 is 0 Å². The third-order valence-electron chi connectivity index (χ3n) is 3.11. The molecule has 0 aliphatic carbocycles. The van der Waals surface area contributed by atoms with E-state index in [9.17, 15) is 4.79 Å². The first kappa shape index (κ1) is 16.5. The molecule has 1 amide bonds. The molecule has 7 N–H and O–H groups in total. The Morgan fingerprint density at radius 1 is 1.17 bits per heavy atom. The molecule has 2 rings (SSSR count). The fourth-order valence-electron chi connectivity index (χ4n) is 1.94. The normalized spacial score (nSPS) is 10.3. The highest BCUT2D eigenvalue weighted by atomic mass is 35.5. The molecule has 8 nitrogen and oxygen atoms in total. The summed E-state index contributed by atoms with van der Waals surface area (Å²) in [4.78, 5) is 21.2. The lowest BCUT2D eigenvalue weighted by Gasteiger charge is -2.20. The fraction of sp³-hybridized carbons (Fsp3) is 0.143.